The number of furan rings is 1. The number of rotatable bonds is 8. The molecule has 33 heavy (non-hydrogen) atoms. The summed E-state index contributed by atoms with van der Waals surface area (Å²) in [6.45, 7) is 2.18. The van der Waals surface area contributed by atoms with Gasteiger partial charge in [-0.1, -0.05) is 48.5 Å². The molecule has 2 N–H and O–H groups in total. The molecule has 0 saturated carbocycles. The molecule has 0 unspecified atom stereocenters. The first-order chi connectivity index (χ1) is 16.1. The summed E-state index contributed by atoms with van der Waals surface area (Å²) in [6.07, 6.45) is 1.44. The van der Waals surface area contributed by atoms with Crippen LogP contribution in [-0.4, -0.2) is 31.2 Å². The van der Waals surface area contributed by atoms with Gasteiger partial charge in [-0.25, -0.2) is 10.2 Å². The van der Waals surface area contributed by atoms with Crippen LogP contribution in [0.15, 0.2) is 88.4 Å². The van der Waals surface area contributed by atoms with Crippen molar-refractivity contribution in [2.45, 2.75) is 6.92 Å². The molecule has 4 aromatic rings. The summed E-state index contributed by atoms with van der Waals surface area (Å²) in [5, 5.41) is 9.25. The summed E-state index contributed by atoms with van der Waals surface area (Å²) in [7, 11) is 0. The zero-order valence-electron chi connectivity index (χ0n) is 18.1. The Morgan fingerprint density at radius 2 is 1.76 bits per heavy atom. The number of ether oxygens (including phenoxy) is 1. The number of esters is 1. The van der Waals surface area contributed by atoms with Gasteiger partial charge >= 0.3 is 5.97 Å². The number of nitrogens with zero attached hydrogens (tertiary/aromatic N) is 1. The van der Waals surface area contributed by atoms with Crippen molar-refractivity contribution >= 4 is 34.6 Å². The van der Waals surface area contributed by atoms with Crippen molar-refractivity contribution < 1.29 is 18.7 Å². The highest BCUT2D eigenvalue weighted by atomic mass is 16.5. The lowest BCUT2D eigenvalue weighted by molar-refractivity contribution is -0.119. The second kappa shape index (κ2) is 10.3. The number of nitrogens with one attached hydrogen (secondary N) is 2. The molecule has 7 heteroatoms. The molecular formula is C26H23N3O4. The number of anilines is 1. The van der Waals surface area contributed by atoms with Crippen LogP contribution in [0.2, 0.25) is 0 Å². The molecule has 1 aromatic heterocycles. The van der Waals surface area contributed by atoms with Crippen molar-refractivity contribution in [1.82, 2.24) is 5.43 Å². The fourth-order valence-corrected chi connectivity index (χ4v) is 3.32. The predicted molar refractivity (Wildman–Crippen MR) is 128 cm³/mol. The second-order valence-electron chi connectivity index (χ2n) is 7.17. The van der Waals surface area contributed by atoms with Gasteiger partial charge < -0.3 is 14.5 Å². The van der Waals surface area contributed by atoms with Crippen LogP contribution < -0.4 is 10.7 Å². The van der Waals surface area contributed by atoms with E-state index in [1.807, 2.05) is 42.5 Å². The molecule has 3 aromatic carbocycles. The molecule has 0 atom stereocenters. The van der Waals surface area contributed by atoms with Gasteiger partial charge in [0.2, 0.25) is 0 Å². The van der Waals surface area contributed by atoms with Gasteiger partial charge in [0, 0.05) is 16.6 Å². The van der Waals surface area contributed by atoms with E-state index >= 15 is 0 Å². The molecule has 0 aliphatic heterocycles. The average Bonchev–Trinajstić information content (AvgIpc) is 3.32. The van der Waals surface area contributed by atoms with Crippen LogP contribution in [0.4, 0.5) is 5.69 Å². The lowest BCUT2D eigenvalue weighted by Gasteiger charge is -2.08. The van der Waals surface area contributed by atoms with Crippen LogP contribution in [0.1, 0.15) is 23.0 Å². The molecule has 1 heterocycles. The Morgan fingerprint density at radius 1 is 0.970 bits per heavy atom. The Kier molecular flexibility index (Phi) is 6.80. The van der Waals surface area contributed by atoms with Crippen molar-refractivity contribution in [2.75, 3.05) is 18.5 Å². The SMILES string of the molecule is CCOC(=O)c1ccc(-c2ccc(C=NNC(=O)CNc3cccc4ccccc34)o2)cc1. The third kappa shape index (κ3) is 5.46. The fraction of sp³-hybridized carbons (Fsp3) is 0.115. The molecule has 0 fully saturated rings. The van der Waals surface area contributed by atoms with Crippen LogP contribution in [-0.2, 0) is 9.53 Å². The number of carbonyl (C=O) groups excluding carboxylic acids is 2. The van der Waals surface area contributed by atoms with Crippen LogP contribution >= 0.6 is 0 Å². The minimum absolute atomic E-state index is 0.0849. The van der Waals surface area contributed by atoms with E-state index in [1.165, 1.54) is 6.21 Å². The topological polar surface area (TPSA) is 92.9 Å². The first-order valence-corrected chi connectivity index (χ1v) is 10.5. The molecule has 7 nitrogen and oxygen atoms in total. The summed E-state index contributed by atoms with van der Waals surface area (Å²) < 4.78 is 10.7. The number of hydrogen-bond donors (Lipinski definition) is 2. The van der Waals surface area contributed by atoms with E-state index in [1.54, 1.807) is 43.3 Å². The van der Waals surface area contributed by atoms with Gasteiger partial charge in [-0.3, -0.25) is 4.79 Å². The second-order valence-corrected chi connectivity index (χ2v) is 7.17. The molecule has 0 aliphatic carbocycles. The van der Waals surface area contributed by atoms with Crippen LogP contribution in [0.3, 0.4) is 0 Å². The normalized spacial score (nSPS) is 10.9. The average molecular weight is 441 g/mol. The summed E-state index contributed by atoms with van der Waals surface area (Å²) in [5.74, 6) is 0.472. The predicted octanol–water partition coefficient (Wildman–Crippen LogP) is 4.84. The molecule has 166 valence electrons. The molecule has 0 aliphatic rings. The van der Waals surface area contributed by atoms with Gasteiger partial charge in [-0.2, -0.15) is 5.10 Å². The Balaban J connectivity index is 1.31. The molecular weight excluding hydrogens is 418 g/mol. The van der Waals surface area contributed by atoms with Crippen LogP contribution in [0.25, 0.3) is 22.1 Å². The van der Waals surface area contributed by atoms with Gasteiger partial charge in [0.15, 0.2) is 0 Å². The number of amides is 1. The summed E-state index contributed by atoms with van der Waals surface area (Å²) in [6, 6.07) is 24.4. The van der Waals surface area contributed by atoms with Gasteiger partial charge in [0.05, 0.1) is 24.9 Å². The third-order valence-electron chi connectivity index (χ3n) is 4.92. The van der Waals surface area contributed by atoms with E-state index in [4.69, 9.17) is 9.15 Å². The summed E-state index contributed by atoms with van der Waals surface area (Å²) in [5.41, 5.74) is 4.66. The first-order valence-electron chi connectivity index (χ1n) is 10.5. The number of hydrogen-bond acceptors (Lipinski definition) is 6. The highest BCUT2D eigenvalue weighted by Gasteiger charge is 2.09. The van der Waals surface area contributed by atoms with Crippen LogP contribution in [0, 0.1) is 0 Å². The number of fused-ring (bicyclic) bond motifs is 1. The van der Waals surface area contributed by atoms with Crippen molar-refractivity contribution in [3.05, 3.63) is 90.2 Å². The van der Waals surface area contributed by atoms with Crippen LogP contribution in [0.5, 0.6) is 0 Å². The van der Waals surface area contributed by atoms with E-state index in [0.29, 0.717) is 23.7 Å². The molecule has 0 spiro atoms. The fourth-order valence-electron chi connectivity index (χ4n) is 3.32. The Bertz CT molecular complexity index is 1290. The van der Waals surface area contributed by atoms with E-state index < -0.39 is 0 Å². The van der Waals surface area contributed by atoms with Crippen molar-refractivity contribution in [3.8, 4) is 11.3 Å². The highest BCUT2D eigenvalue weighted by molar-refractivity contribution is 5.95. The highest BCUT2D eigenvalue weighted by Crippen LogP contribution is 2.23. The smallest absolute Gasteiger partial charge is 0.338 e. The molecule has 4 rings (SSSR count). The Labute approximate surface area is 191 Å². The molecule has 0 radical (unpaired) electrons. The van der Waals surface area contributed by atoms with Crippen molar-refractivity contribution in [2.24, 2.45) is 5.10 Å². The number of benzene rings is 3. The molecule has 1 amide bonds. The number of hydrazone groups is 1. The monoisotopic (exact) mass is 441 g/mol. The lowest BCUT2D eigenvalue weighted by Crippen LogP contribution is -2.25. The lowest BCUT2D eigenvalue weighted by atomic mass is 10.1. The summed E-state index contributed by atoms with van der Waals surface area (Å²) >= 11 is 0. The minimum Gasteiger partial charge on any atom is -0.462 e. The van der Waals surface area contributed by atoms with Gasteiger partial charge in [-0.05, 0) is 42.6 Å². The van der Waals surface area contributed by atoms with E-state index in [9.17, 15) is 9.59 Å². The maximum absolute atomic E-state index is 12.1. The Morgan fingerprint density at radius 3 is 2.58 bits per heavy atom. The van der Waals surface area contributed by atoms with Crippen molar-refractivity contribution in [1.29, 1.82) is 0 Å². The van der Waals surface area contributed by atoms with E-state index in [2.05, 4.69) is 15.8 Å². The quantitative estimate of drug-likeness (QED) is 0.232. The zero-order valence-corrected chi connectivity index (χ0v) is 18.1. The largest absolute Gasteiger partial charge is 0.462 e. The van der Waals surface area contributed by atoms with Crippen molar-refractivity contribution in [3.63, 3.8) is 0 Å². The van der Waals surface area contributed by atoms with E-state index in [0.717, 1.165) is 22.0 Å². The van der Waals surface area contributed by atoms with Gasteiger partial charge in [-0.15, -0.1) is 0 Å². The van der Waals surface area contributed by atoms with Gasteiger partial charge in [0.25, 0.3) is 5.91 Å². The standard InChI is InChI=1S/C26H23N3O4/c1-2-32-26(31)20-12-10-19(11-13-20)24-15-14-21(33-24)16-28-29-25(30)17-27-23-9-5-7-18-6-3-4-8-22(18)23/h3-16,27H,2,17H2,1H3,(H,29,30). The first kappa shape index (κ1) is 21.8. The molecule has 0 bridgehead atoms. The third-order valence-corrected chi connectivity index (χ3v) is 4.92. The molecule has 0 saturated heterocycles. The maximum Gasteiger partial charge on any atom is 0.338 e. The zero-order chi connectivity index (χ0) is 23.0. The summed E-state index contributed by atoms with van der Waals surface area (Å²) in [4.78, 5) is 23.9. The number of carbonyl (C=O) groups is 2. The van der Waals surface area contributed by atoms with Gasteiger partial charge in [0.1, 0.15) is 11.5 Å². The van der Waals surface area contributed by atoms with E-state index in [-0.39, 0.29) is 18.4 Å². The Hall–Kier alpha value is -4.39. The maximum atomic E-state index is 12.1. The minimum atomic E-state index is -0.359.